The van der Waals surface area contributed by atoms with Crippen molar-refractivity contribution in [3.05, 3.63) is 88.8 Å². The van der Waals surface area contributed by atoms with E-state index in [1.807, 2.05) is 30.3 Å². The number of halogens is 1. The van der Waals surface area contributed by atoms with Gasteiger partial charge in [-0.15, -0.1) is 0 Å². The highest BCUT2D eigenvalue weighted by Gasteiger charge is 2.35. The number of ether oxygens (including phenoxy) is 1. The third-order valence-electron chi connectivity index (χ3n) is 4.80. The zero-order chi connectivity index (χ0) is 21.6. The molecule has 3 aromatic rings. The Balaban J connectivity index is 1.46. The van der Waals surface area contributed by atoms with Gasteiger partial charge < -0.3 is 14.0 Å². The molecule has 158 valence electrons. The van der Waals surface area contributed by atoms with E-state index < -0.39 is 0 Å². The van der Waals surface area contributed by atoms with Gasteiger partial charge in [0.1, 0.15) is 17.6 Å². The number of nitrogens with zero attached hydrogens (tertiary/aromatic N) is 3. The number of hydrazone groups is 1. The Hall–Kier alpha value is -3.58. The first-order valence-corrected chi connectivity index (χ1v) is 10.00. The summed E-state index contributed by atoms with van der Waals surface area (Å²) in [5.74, 6) is 1.09. The van der Waals surface area contributed by atoms with Crippen LogP contribution in [0.25, 0.3) is 0 Å². The smallest absolute Gasteiger partial charge is 0.284 e. The Bertz CT molecular complexity index is 1080. The monoisotopic (exact) mass is 437 g/mol. The molecule has 8 heteroatoms. The molecular weight excluding hydrogens is 418 g/mol. The van der Waals surface area contributed by atoms with Crippen molar-refractivity contribution in [3.63, 3.8) is 0 Å². The highest BCUT2D eigenvalue weighted by atomic mass is 35.5. The van der Waals surface area contributed by atoms with Gasteiger partial charge in [0.05, 0.1) is 25.3 Å². The number of amides is 1. The molecule has 2 heterocycles. The summed E-state index contributed by atoms with van der Waals surface area (Å²) in [6, 6.07) is 17.9. The van der Waals surface area contributed by atoms with E-state index in [1.54, 1.807) is 43.7 Å². The average Bonchev–Trinajstić information content (AvgIpc) is 3.48. The van der Waals surface area contributed by atoms with E-state index in [9.17, 15) is 4.79 Å². The molecule has 1 unspecified atom stereocenters. The molecule has 0 fully saturated rings. The highest BCUT2D eigenvalue weighted by molar-refractivity contribution is 6.30. The van der Waals surface area contributed by atoms with Gasteiger partial charge in [-0.25, -0.2) is 5.01 Å². The minimum absolute atomic E-state index is 0.249. The van der Waals surface area contributed by atoms with Crippen LogP contribution in [0.4, 0.5) is 0 Å². The summed E-state index contributed by atoms with van der Waals surface area (Å²) in [5.41, 5.74) is 2.50. The summed E-state index contributed by atoms with van der Waals surface area (Å²) in [6.07, 6.45) is 3.62. The van der Waals surface area contributed by atoms with Crippen molar-refractivity contribution in [2.75, 3.05) is 13.7 Å². The van der Waals surface area contributed by atoms with Crippen molar-refractivity contribution in [2.24, 2.45) is 10.3 Å². The normalized spacial score (nSPS) is 15.9. The van der Waals surface area contributed by atoms with E-state index in [0.29, 0.717) is 17.2 Å². The molecule has 7 nitrogen and oxygen atoms in total. The van der Waals surface area contributed by atoms with Crippen LogP contribution < -0.4 is 4.74 Å². The molecule has 0 saturated heterocycles. The number of hydrogen-bond donors (Lipinski definition) is 0. The number of carbonyl (C=O) groups is 1. The molecule has 31 heavy (non-hydrogen) atoms. The van der Waals surface area contributed by atoms with Gasteiger partial charge in [-0.3, -0.25) is 4.79 Å². The quantitative estimate of drug-likeness (QED) is 0.397. The summed E-state index contributed by atoms with van der Waals surface area (Å²) in [6.45, 7) is -0.249. The topological polar surface area (TPSA) is 76.6 Å². The minimum atomic E-state index is -0.344. The predicted octanol–water partition coefficient (Wildman–Crippen LogP) is 4.67. The van der Waals surface area contributed by atoms with Gasteiger partial charge in [-0.2, -0.15) is 5.10 Å². The number of carbonyl (C=O) groups excluding carboxylic acids is 1. The summed E-state index contributed by atoms with van der Waals surface area (Å²) in [5, 5.41) is 10.5. The van der Waals surface area contributed by atoms with Gasteiger partial charge >= 0.3 is 0 Å². The van der Waals surface area contributed by atoms with Crippen LogP contribution in [0.3, 0.4) is 0 Å². The van der Waals surface area contributed by atoms with Crippen LogP contribution in [0.1, 0.15) is 29.3 Å². The standard InChI is InChI=1S/C23H20ClN3O4/c1-29-19-10-6-17(7-11-19)20-13-21(22-3-2-12-30-22)27(26-20)23(28)15-31-25-14-16-4-8-18(24)9-5-16/h2-12,14,21H,13,15H2,1H3/b25-14+. The van der Waals surface area contributed by atoms with E-state index in [2.05, 4.69) is 10.3 Å². The first-order chi connectivity index (χ1) is 15.1. The molecule has 0 spiro atoms. The number of benzene rings is 2. The Morgan fingerprint density at radius 3 is 2.68 bits per heavy atom. The zero-order valence-electron chi connectivity index (χ0n) is 16.8. The van der Waals surface area contributed by atoms with Gasteiger partial charge in [0, 0.05) is 11.4 Å². The maximum atomic E-state index is 12.8. The third-order valence-corrected chi connectivity index (χ3v) is 5.05. The van der Waals surface area contributed by atoms with E-state index >= 15 is 0 Å². The molecule has 0 bridgehead atoms. The predicted molar refractivity (Wildman–Crippen MR) is 117 cm³/mol. The molecule has 1 aliphatic rings. The van der Waals surface area contributed by atoms with Crippen LogP contribution >= 0.6 is 11.6 Å². The number of oxime groups is 1. The van der Waals surface area contributed by atoms with Gasteiger partial charge in [0.2, 0.25) is 0 Å². The molecule has 1 atom stereocenters. The van der Waals surface area contributed by atoms with E-state index in [1.165, 1.54) is 11.2 Å². The van der Waals surface area contributed by atoms with Crippen LogP contribution in [0.2, 0.25) is 5.02 Å². The maximum Gasteiger partial charge on any atom is 0.284 e. The van der Waals surface area contributed by atoms with Crippen molar-refractivity contribution in [2.45, 2.75) is 12.5 Å². The lowest BCUT2D eigenvalue weighted by atomic mass is 10.0. The van der Waals surface area contributed by atoms with E-state index in [0.717, 1.165) is 22.6 Å². The van der Waals surface area contributed by atoms with E-state index in [4.69, 9.17) is 25.6 Å². The van der Waals surface area contributed by atoms with E-state index in [-0.39, 0.29) is 18.6 Å². The summed E-state index contributed by atoms with van der Waals surface area (Å²) in [4.78, 5) is 18.0. The van der Waals surface area contributed by atoms with Crippen LogP contribution in [0.5, 0.6) is 5.75 Å². The molecule has 1 amide bonds. The second kappa shape index (κ2) is 9.49. The SMILES string of the molecule is COc1ccc(C2=NN(C(=O)CO/N=C/c3ccc(Cl)cc3)C(c3ccco3)C2)cc1. The molecule has 0 N–H and O–H groups in total. The third kappa shape index (κ3) is 4.95. The zero-order valence-corrected chi connectivity index (χ0v) is 17.5. The molecule has 0 aliphatic carbocycles. The Labute approximate surface area is 184 Å². The first-order valence-electron chi connectivity index (χ1n) is 9.62. The molecule has 2 aromatic carbocycles. The van der Waals surface area contributed by atoms with Gasteiger partial charge in [0.25, 0.3) is 5.91 Å². The van der Waals surface area contributed by atoms with Crippen LogP contribution in [-0.4, -0.2) is 36.6 Å². The summed E-state index contributed by atoms with van der Waals surface area (Å²) < 4.78 is 10.8. The fourth-order valence-corrected chi connectivity index (χ4v) is 3.33. The highest BCUT2D eigenvalue weighted by Crippen LogP contribution is 2.33. The number of furan rings is 1. The lowest BCUT2D eigenvalue weighted by Crippen LogP contribution is -2.29. The Morgan fingerprint density at radius 2 is 2.00 bits per heavy atom. The number of methoxy groups -OCH3 is 1. The molecule has 0 radical (unpaired) electrons. The molecule has 1 aromatic heterocycles. The fourth-order valence-electron chi connectivity index (χ4n) is 3.21. The molecule has 1 aliphatic heterocycles. The number of hydrogen-bond acceptors (Lipinski definition) is 6. The lowest BCUT2D eigenvalue weighted by Gasteiger charge is -2.19. The van der Waals surface area contributed by atoms with Gasteiger partial charge in [-0.1, -0.05) is 28.9 Å². The Morgan fingerprint density at radius 1 is 1.23 bits per heavy atom. The van der Waals surface area contributed by atoms with Crippen molar-refractivity contribution >= 4 is 29.4 Å². The van der Waals surface area contributed by atoms with Gasteiger partial charge in [-0.05, 0) is 59.7 Å². The maximum absolute atomic E-state index is 12.8. The minimum Gasteiger partial charge on any atom is -0.497 e. The van der Waals surface area contributed by atoms with Crippen molar-refractivity contribution in [1.29, 1.82) is 0 Å². The van der Waals surface area contributed by atoms with Crippen LogP contribution in [0.15, 0.2) is 81.6 Å². The second-order valence-electron chi connectivity index (χ2n) is 6.81. The number of rotatable bonds is 7. The van der Waals surface area contributed by atoms with Crippen molar-refractivity contribution in [3.8, 4) is 5.75 Å². The largest absolute Gasteiger partial charge is 0.497 e. The van der Waals surface area contributed by atoms with Crippen LogP contribution in [-0.2, 0) is 9.63 Å². The summed E-state index contributed by atoms with van der Waals surface area (Å²) in [7, 11) is 1.62. The lowest BCUT2D eigenvalue weighted by molar-refractivity contribution is -0.138. The van der Waals surface area contributed by atoms with Crippen LogP contribution in [0, 0.1) is 0 Å². The fraction of sp³-hybridized carbons (Fsp3) is 0.174. The second-order valence-corrected chi connectivity index (χ2v) is 7.24. The Kier molecular flexibility index (Phi) is 6.33. The van der Waals surface area contributed by atoms with Crippen molar-refractivity contribution < 1.29 is 18.8 Å². The summed E-state index contributed by atoms with van der Waals surface area (Å²) >= 11 is 5.86. The molecule has 4 rings (SSSR count). The van der Waals surface area contributed by atoms with Gasteiger partial charge in [0.15, 0.2) is 6.61 Å². The molecule has 0 saturated carbocycles. The molecular formula is C23H20ClN3O4. The first kappa shape index (κ1) is 20.7. The van der Waals surface area contributed by atoms with Crippen molar-refractivity contribution in [1.82, 2.24) is 5.01 Å². The average molecular weight is 438 g/mol.